The lowest BCUT2D eigenvalue weighted by Crippen LogP contribution is -2.25. The minimum Gasteiger partial charge on any atom is -0.497 e. The summed E-state index contributed by atoms with van der Waals surface area (Å²) in [4.78, 5) is 2.26. The Morgan fingerprint density at radius 2 is 2.11 bits per heavy atom. The van der Waals surface area contributed by atoms with E-state index >= 15 is 0 Å². The van der Waals surface area contributed by atoms with Crippen molar-refractivity contribution in [1.29, 1.82) is 0 Å². The molecule has 18 heavy (non-hydrogen) atoms. The molecule has 0 fully saturated rings. The highest BCUT2D eigenvalue weighted by Crippen LogP contribution is 2.19. The number of anilines is 1. The van der Waals surface area contributed by atoms with Crippen LogP contribution in [-0.2, 0) is 0 Å². The van der Waals surface area contributed by atoms with Gasteiger partial charge in [0.1, 0.15) is 5.75 Å². The van der Waals surface area contributed by atoms with Crippen molar-refractivity contribution in [2.45, 2.75) is 20.3 Å². The van der Waals surface area contributed by atoms with Crippen LogP contribution in [0.2, 0.25) is 0 Å². The van der Waals surface area contributed by atoms with Gasteiger partial charge >= 0.3 is 0 Å². The Hall–Kier alpha value is -1.22. The van der Waals surface area contributed by atoms with E-state index in [4.69, 9.17) is 4.74 Å². The van der Waals surface area contributed by atoms with Gasteiger partial charge in [-0.3, -0.25) is 0 Å². The van der Waals surface area contributed by atoms with Gasteiger partial charge in [-0.2, -0.15) is 0 Å². The van der Waals surface area contributed by atoms with Gasteiger partial charge in [-0.15, -0.1) is 0 Å². The van der Waals surface area contributed by atoms with Crippen molar-refractivity contribution < 1.29 is 4.74 Å². The largest absolute Gasteiger partial charge is 0.497 e. The molecular weight excluding hydrogens is 224 g/mol. The van der Waals surface area contributed by atoms with E-state index in [1.165, 1.54) is 5.69 Å². The lowest BCUT2D eigenvalue weighted by atomic mass is 10.2. The molecule has 0 radical (unpaired) electrons. The highest BCUT2D eigenvalue weighted by Gasteiger charge is 2.02. The van der Waals surface area contributed by atoms with Crippen molar-refractivity contribution in [2.24, 2.45) is 5.92 Å². The lowest BCUT2D eigenvalue weighted by Gasteiger charge is -2.20. The van der Waals surface area contributed by atoms with Crippen LogP contribution in [0.4, 0.5) is 5.69 Å². The van der Waals surface area contributed by atoms with E-state index in [1.54, 1.807) is 7.11 Å². The molecule has 3 nitrogen and oxygen atoms in total. The van der Waals surface area contributed by atoms with Crippen molar-refractivity contribution in [1.82, 2.24) is 5.32 Å². The fraction of sp³-hybridized carbons (Fsp3) is 0.600. The van der Waals surface area contributed by atoms with Crippen molar-refractivity contribution in [3.8, 4) is 5.75 Å². The molecule has 1 rings (SSSR count). The Kier molecular flexibility index (Phi) is 6.58. The zero-order chi connectivity index (χ0) is 13.4. The molecule has 0 spiro atoms. The Morgan fingerprint density at radius 3 is 2.78 bits per heavy atom. The predicted octanol–water partition coefficient (Wildman–Crippen LogP) is 2.77. The number of hydrogen-bond donors (Lipinski definition) is 1. The lowest BCUT2D eigenvalue weighted by molar-refractivity contribution is 0.415. The third-order valence-electron chi connectivity index (χ3n) is 2.89. The molecule has 0 saturated carbocycles. The summed E-state index contributed by atoms with van der Waals surface area (Å²) >= 11 is 0. The van der Waals surface area contributed by atoms with Gasteiger partial charge in [0, 0.05) is 25.3 Å². The number of nitrogens with one attached hydrogen (secondary N) is 1. The second-order valence-corrected chi connectivity index (χ2v) is 5.07. The zero-order valence-electron chi connectivity index (χ0n) is 12.1. The van der Waals surface area contributed by atoms with Crippen LogP contribution in [-0.4, -0.2) is 33.8 Å². The van der Waals surface area contributed by atoms with Gasteiger partial charge in [0.2, 0.25) is 0 Å². The molecule has 0 aromatic heterocycles. The molecule has 0 bridgehead atoms. The zero-order valence-corrected chi connectivity index (χ0v) is 12.1. The SMILES string of the molecule is COc1cccc(N(C)CCCNCC(C)C)c1. The first-order valence-electron chi connectivity index (χ1n) is 6.69. The van der Waals surface area contributed by atoms with Gasteiger partial charge < -0.3 is 15.0 Å². The summed E-state index contributed by atoms with van der Waals surface area (Å²) in [5, 5.41) is 3.46. The van der Waals surface area contributed by atoms with E-state index in [0.29, 0.717) is 0 Å². The topological polar surface area (TPSA) is 24.5 Å². The molecule has 102 valence electrons. The highest BCUT2D eigenvalue weighted by atomic mass is 16.5. The van der Waals surface area contributed by atoms with Gasteiger partial charge in [-0.05, 0) is 37.6 Å². The van der Waals surface area contributed by atoms with Crippen LogP contribution in [0.5, 0.6) is 5.75 Å². The van der Waals surface area contributed by atoms with E-state index in [9.17, 15) is 0 Å². The van der Waals surface area contributed by atoms with Crippen LogP contribution < -0.4 is 15.0 Å². The number of benzene rings is 1. The Morgan fingerprint density at radius 1 is 1.33 bits per heavy atom. The number of methoxy groups -OCH3 is 1. The predicted molar refractivity (Wildman–Crippen MR) is 78.6 cm³/mol. The normalized spacial score (nSPS) is 10.7. The van der Waals surface area contributed by atoms with Crippen LogP contribution in [0.1, 0.15) is 20.3 Å². The smallest absolute Gasteiger partial charge is 0.120 e. The summed E-state index contributed by atoms with van der Waals surface area (Å²) in [6.45, 7) is 7.69. The minimum atomic E-state index is 0.723. The maximum absolute atomic E-state index is 5.24. The van der Waals surface area contributed by atoms with Crippen molar-refractivity contribution >= 4 is 5.69 Å². The Bertz CT molecular complexity index is 339. The third kappa shape index (κ3) is 5.41. The molecule has 0 heterocycles. The molecule has 0 aliphatic heterocycles. The average molecular weight is 250 g/mol. The molecular formula is C15H26N2O. The van der Waals surface area contributed by atoms with Crippen LogP contribution in [0, 0.1) is 5.92 Å². The van der Waals surface area contributed by atoms with E-state index in [1.807, 2.05) is 12.1 Å². The van der Waals surface area contributed by atoms with Gasteiger partial charge in [-0.25, -0.2) is 0 Å². The molecule has 3 heteroatoms. The van der Waals surface area contributed by atoms with Gasteiger partial charge in [0.05, 0.1) is 7.11 Å². The first kappa shape index (κ1) is 14.8. The molecule has 0 saturated heterocycles. The molecule has 0 amide bonds. The Labute approximate surface area is 111 Å². The van der Waals surface area contributed by atoms with E-state index < -0.39 is 0 Å². The first-order valence-corrected chi connectivity index (χ1v) is 6.69. The summed E-state index contributed by atoms with van der Waals surface area (Å²) in [6.07, 6.45) is 1.15. The fourth-order valence-electron chi connectivity index (χ4n) is 1.81. The molecule has 1 N–H and O–H groups in total. The maximum atomic E-state index is 5.24. The second-order valence-electron chi connectivity index (χ2n) is 5.07. The van der Waals surface area contributed by atoms with Crippen LogP contribution in [0.3, 0.4) is 0 Å². The summed E-state index contributed by atoms with van der Waals surface area (Å²) in [5.74, 6) is 1.64. The van der Waals surface area contributed by atoms with Crippen molar-refractivity contribution in [3.05, 3.63) is 24.3 Å². The third-order valence-corrected chi connectivity index (χ3v) is 2.89. The number of rotatable bonds is 8. The standard InChI is InChI=1S/C15H26N2O/c1-13(2)12-16-9-6-10-17(3)14-7-5-8-15(11-14)18-4/h5,7-8,11,13,16H,6,9-10,12H2,1-4H3. The number of nitrogens with zero attached hydrogens (tertiary/aromatic N) is 1. The molecule has 0 atom stereocenters. The molecule has 0 unspecified atom stereocenters. The van der Waals surface area contributed by atoms with Crippen LogP contribution in [0.25, 0.3) is 0 Å². The van der Waals surface area contributed by atoms with Gasteiger partial charge in [0.25, 0.3) is 0 Å². The average Bonchev–Trinajstić information content (AvgIpc) is 2.37. The maximum Gasteiger partial charge on any atom is 0.120 e. The summed E-state index contributed by atoms with van der Waals surface area (Å²) < 4.78 is 5.24. The summed E-state index contributed by atoms with van der Waals surface area (Å²) in [5.41, 5.74) is 1.21. The second kappa shape index (κ2) is 7.98. The van der Waals surface area contributed by atoms with Crippen LogP contribution in [0.15, 0.2) is 24.3 Å². The quantitative estimate of drug-likeness (QED) is 0.718. The summed E-state index contributed by atoms with van der Waals surface area (Å²) in [7, 11) is 3.83. The summed E-state index contributed by atoms with van der Waals surface area (Å²) in [6, 6.07) is 8.19. The van der Waals surface area contributed by atoms with Crippen molar-refractivity contribution in [2.75, 3.05) is 38.7 Å². The van der Waals surface area contributed by atoms with Gasteiger partial charge in [0.15, 0.2) is 0 Å². The highest BCUT2D eigenvalue weighted by molar-refractivity contribution is 5.49. The molecule has 1 aromatic carbocycles. The molecule has 0 aliphatic rings. The number of ether oxygens (including phenoxy) is 1. The monoisotopic (exact) mass is 250 g/mol. The van der Waals surface area contributed by atoms with E-state index in [-0.39, 0.29) is 0 Å². The van der Waals surface area contributed by atoms with Crippen LogP contribution >= 0.6 is 0 Å². The Balaban J connectivity index is 2.29. The fourth-order valence-corrected chi connectivity index (χ4v) is 1.81. The van der Waals surface area contributed by atoms with Crippen molar-refractivity contribution in [3.63, 3.8) is 0 Å². The molecule has 1 aromatic rings. The molecule has 0 aliphatic carbocycles. The van der Waals surface area contributed by atoms with E-state index in [2.05, 4.69) is 43.2 Å². The number of hydrogen-bond acceptors (Lipinski definition) is 3. The minimum absolute atomic E-state index is 0.723. The van der Waals surface area contributed by atoms with Gasteiger partial charge in [-0.1, -0.05) is 19.9 Å². The van der Waals surface area contributed by atoms with E-state index in [0.717, 1.165) is 37.7 Å². The first-order chi connectivity index (χ1) is 8.63.